The average Bonchev–Trinajstić information content (AvgIpc) is 3.08. The summed E-state index contributed by atoms with van der Waals surface area (Å²) in [5.41, 5.74) is 0.999. The predicted octanol–water partition coefficient (Wildman–Crippen LogP) is 4.22. The van der Waals surface area contributed by atoms with Crippen LogP contribution in [0.15, 0.2) is 51.7 Å². The van der Waals surface area contributed by atoms with E-state index in [1.807, 2.05) is 30.3 Å². The van der Waals surface area contributed by atoms with E-state index in [4.69, 9.17) is 10.00 Å². The third kappa shape index (κ3) is 3.90. The lowest BCUT2D eigenvalue weighted by Crippen LogP contribution is -1.93. The Hall–Kier alpha value is -3.16. The molecule has 26 heavy (non-hydrogen) atoms. The van der Waals surface area contributed by atoms with Gasteiger partial charge in [0.2, 0.25) is 5.13 Å². The number of hydrogen-bond acceptors (Lipinski definition) is 9. The fraction of sp³-hybridized carbons (Fsp3) is 0.0625. The molecule has 0 aliphatic carbocycles. The van der Waals surface area contributed by atoms with E-state index in [9.17, 15) is 10.1 Å². The van der Waals surface area contributed by atoms with Crippen LogP contribution >= 0.6 is 23.1 Å². The van der Waals surface area contributed by atoms with Gasteiger partial charge in [-0.3, -0.25) is 10.1 Å². The Morgan fingerprint density at radius 3 is 2.85 bits per heavy atom. The van der Waals surface area contributed by atoms with E-state index in [0.29, 0.717) is 25.7 Å². The molecule has 0 unspecified atom stereocenters. The van der Waals surface area contributed by atoms with Gasteiger partial charge in [-0.2, -0.15) is 5.26 Å². The average molecular weight is 385 g/mol. The minimum atomic E-state index is -0.488. The zero-order valence-corrected chi connectivity index (χ0v) is 15.0. The van der Waals surface area contributed by atoms with Crippen molar-refractivity contribution in [3.63, 3.8) is 0 Å². The number of anilines is 2. The largest absolute Gasteiger partial charge is 0.495 e. The normalized spacial score (nSPS) is 10.2. The van der Waals surface area contributed by atoms with Crippen molar-refractivity contribution < 1.29 is 9.66 Å². The maximum Gasteiger partial charge on any atom is 0.283 e. The first-order valence-corrected chi connectivity index (χ1v) is 8.84. The molecule has 0 spiro atoms. The van der Waals surface area contributed by atoms with Crippen LogP contribution in [0, 0.1) is 21.4 Å². The molecule has 0 fully saturated rings. The van der Waals surface area contributed by atoms with Gasteiger partial charge < -0.3 is 10.1 Å². The summed E-state index contributed by atoms with van der Waals surface area (Å²) in [5, 5.41) is 31.9. The van der Waals surface area contributed by atoms with Gasteiger partial charge in [-0.05, 0) is 36.0 Å². The van der Waals surface area contributed by atoms with Crippen LogP contribution in [0.1, 0.15) is 5.56 Å². The Morgan fingerprint density at radius 1 is 1.31 bits per heavy atom. The molecule has 10 heteroatoms. The molecular weight excluding hydrogens is 374 g/mol. The molecule has 2 aromatic carbocycles. The molecule has 1 aromatic heterocycles. The van der Waals surface area contributed by atoms with Crippen molar-refractivity contribution >= 4 is 39.6 Å². The van der Waals surface area contributed by atoms with Crippen molar-refractivity contribution in [3.8, 4) is 11.8 Å². The maximum atomic E-state index is 11.2. The quantitative estimate of drug-likeness (QED) is 0.495. The second-order valence-electron chi connectivity index (χ2n) is 4.85. The highest BCUT2D eigenvalue weighted by molar-refractivity contribution is 8.01. The van der Waals surface area contributed by atoms with Gasteiger partial charge in [0.1, 0.15) is 5.75 Å². The standard InChI is InChI=1S/C16H11N5O3S2/c1-24-13-5-3-2-4-11(13)18-15-19-20-16(26-15)25-14-8-10(9-17)6-7-12(14)21(22)23/h2-8H,1H3,(H,18,19). The molecule has 0 bridgehead atoms. The molecule has 0 aliphatic rings. The van der Waals surface area contributed by atoms with Gasteiger partial charge in [0.25, 0.3) is 5.69 Å². The third-order valence-electron chi connectivity index (χ3n) is 3.24. The molecule has 0 amide bonds. The van der Waals surface area contributed by atoms with E-state index in [1.54, 1.807) is 7.11 Å². The zero-order valence-electron chi connectivity index (χ0n) is 13.4. The van der Waals surface area contributed by atoms with Gasteiger partial charge in [0.15, 0.2) is 4.34 Å². The van der Waals surface area contributed by atoms with Crippen LogP contribution in [0.2, 0.25) is 0 Å². The van der Waals surface area contributed by atoms with Crippen LogP contribution < -0.4 is 10.1 Å². The summed E-state index contributed by atoms with van der Waals surface area (Å²) >= 11 is 2.34. The Morgan fingerprint density at radius 2 is 2.12 bits per heavy atom. The van der Waals surface area contributed by atoms with E-state index in [2.05, 4.69) is 15.5 Å². The molecule has 8 nitrogen and oxygen atoms in total. The number of nitrogens with one attached hydrogen (secondary N) is 1. The summed E-state index contributed by atoms with van der Waals surface area (Å²) in [6.07, 6.45) is 0. The van der Waals surface area contributed by atoms with Crippen LogP contribution in [0.4, 0.5) is 16.5 Å². The molecule has 0 aliphatic heterocycles. The van der Waals surface area contributed by atoms with E-state index < -0.39 is 4.92 Å². The first kappa shape index (κ1) is 17.7. The second-order valence-corrected chi connectivity index (χ2v) is 7.12. The zero-order chi connectivity index (χ0) is 18.5. The maximum absolute atomic E-state index is 11.2. The number of para-hydroxylation sites is 2. The third-order valence-corrected chi connectivity index (χ3v) is 5.17. The molecule has 0 radical (unpaired) electrons. The van der Waals surface area contributed by atoms with Gasteiger partial charge >= 0.3 is 0 Å². The van der Waals surface area contributed by atoms with Crippen molar-refractivity contribution in [3.05, 3.63) is 58.1 Å². The molecule has 0 saturated heterocycles. The SMILES string of the molecule is COc1ccccc1Nc1nnc(Sc2cc(C#N)ccc2[N+](=O)[O-])s1. The predicted molar refractivity (Wildman–Crippen MR) is 98.1 cm³/mol. The summed E-state index contributed by atoms with van der Waals surface area (Å²) in [6.45, 7) is 0. The molecule has 1 heterocycles. The van der Waals surface area contributed by atoms with Crippen molar-refractivity contribution in [1.82, 2.24) is 10.2 Å². The number of nitriles is 1. The lowest BCUT2D eigenvalue weighted by atomic mass is 10.2. The lowest BCUT2D eigenvalue weighted by Gasteiger charge is -2.07. The molecule has 130 valence electrons. The second kappa shape index (κ2) is 7.81. The van der Waals surface area contributed by atoms with Crippen molar-refractivity contribution in [2.24, 2.45) is 0 Å². The van der Waals surface area contributed by atoms with Crippen molar-refractivity contribution in [1.29, 1.82) is 5.26 Å². The highest BCUT2D eigenvalue weighted by Crippen LogP contribution is 2.38. The first-order valence-electron chi connectivity index (χ1n) is 7.20. The molecular formula is C16H11N5O3S2. The first-order chi connectivity index (χ1) is 12.6. The van der Waals surface area contributed by atoms with E-state index in [0.717, 1.165) is 17.4 Å². The van der Waals surface area contributed by atoms with Gasteiger partial charge in [0, 0.05) is 6.07 Å². The van der Waals surface area contributed by atoms with E-state index in [1.165, 1.54) is 29.5 Å². The minimum absolute atomic E-state index is 0.0802. The Labute approximate surface area is 156 Å². The summed E-state index contributed by atoms with van der Waals surface area (Å²) < 4.78 is 5.79. The summed E-state index contributed by atoms with van der Waals surface area (Å²) in [5.74, 6) is 0.661. The van der Waals surface area contributed by atoms with Crippen LogP contribution in [0.25, 0.3) is 0 Å². The molecule has 3 aromatic rings. The van der Waals surface area contributed by atoms with Gasteiger partial charge in [-0.25, -0.2) is 0 Å². The number of hydrogen-bond donors (Lipinski definition) is 1. The highest BCUT2D eigenvalue weighted by atomic mass is 32.2. The smallest absolute Gasteiger partial charge is 0.283 e. The summed E-state index contributed by atoms with van der Waals surface area (Å²) in [7, 11) is 1.57. The number of nitro groups is 1. The number of benzene rings is 2. The van der Waals surface area contributed by atoms with Crippen LogP contribution in [0.3, 0.4) is 0 Å². The van der Waals surface area contributed by atoms with Gasteiger partial charge in [0.05, 0.1) is 34.2 Å². The lowest BCUT2D eigenvalue weighted by molar-refractivity contribution is -0.387. The Balaban J connectivity index is 1.83. The topological polar surface area (TPSA) is 114 Å². The van der Waals surface area contributed by atoms with Crippen molar-refractivity contribution in [2.75, 3.05) is 12.4 Å². The van der Waals surface area contributed by atoms with Crippen LogP contribution in [-0.4, -0.2) is 22.2 Å². The number of nitrogens with zero attached hydrogens (tertiary/aromatic N) is 4. The van der Waals surface area contributed by atoms with Crippen LogP contribution in [0.5, 0.6) is 5.75 Å². The number of aromatic nitrogens is 2. The Bertz CT molecular complexity index is 1000. The van der Waals surface area contributed by atoms with Gasteiger partial charge in [-0.1, -0.05) is 23.5 Å². The molecule has 1 N–H and O–H groups in total. The van der Waals surface area contributed by atoms with Crippen LogP contribution in [-0.2, 0) is 0 Å². The molecule has 0 atom stereocenters. The number of methoxy groups -OCH3 is 1. The van der Waals surface area contributed by atoms with Crippen molar-refractivity contribution in [2.45, 2.75) is 9.24 Å². The summed E-state index contributed by atoms with van der Waals surface area (Å²) in [6, 6.07) is 13.5. The highest BCUT2D eigenvalue weighted by Gasteiger charge is 2.18. The van der Waals surface area contributed by atoms with Gasteiger partial charge in [-0.15, -0.1) is 10.2 Å². The number of rotatable bonds is 6. The summed E-state index contributed by atoms with van der Waals surface area (Å²) in [4.78, 5) is 11.0. The number of ether oxygens (including phenoxy) is 1. The fourth-order valence-corrected chi connectivity index (χ4v) is 3.94. The van der Waals surface area contributed by atoms with E-state index >= 15 is 0 Å². The minimum Gasteiger partial charge on any atom is -0.495 e. The fourth-order valence-electron chi connectivity index (χ4n) is 2.07. The number of nitro benzene ring substituents is 1. The van der Waals surface area contributed by atoms with E-state index in [-0.39, 0.29) is 5.69 Å². The Kier molecular flexibility index (Phi) is 5.31. The molecule has 0 saturated carbocycles. The molecule has 3 rings (SSSR count). The monoisotopic (exact) mass is 385 g/mol.